The summed E-state index contributed by atoms with van der Waals surface area (Å²) < 4.78 is 0. The third-order valence-electron chi connectivity index (χ3n) is 5.58. The number of hydrogen-bond donors (Lipinski definition) is 0. The van der Waals surface area contributed by atoms with Gasteiger partial charge in [0.25, 0.3) is 0 Å². The lowest BCUT2D eigenvalue weighted by atomic mass is 9.50. The number of thioether (sulfide) groups is 1. The van der Waals surface area contributed by atoms with Gasteiger partial charge in [0.2, 0.25) is 0 Å². The van der Waals surface area contributed by atoms with Crippen LogP contribution >= 0.6 is 11.8 Å². The van der Waals surface area contributed by atoms with Crippen molar-refractivity contribution in [3.05, 3.63) is 33.9 Å². The molecular formula is C19H25NOS. The molecule has 0 radical (unpaired) electrons. The molecule has 22 heavy (non-hydrogen) atoms. The Hall–Kier alpha value is -1.09. The molecule has 0 unspecified atom stereocenters. The minimum atomic E-state index is 0.683. The number of carbonyl (C=O) groups excluding carboxylic acids is 1. The van der Waals surface area contributed by atoms with E-state index in [0.717, 1.165) is 28.2 Å². The van der Waals surface area contributed by atoms with E-state index < -0.39 is 0 Å². The van der Waals surface area contributed by atoms with E-state index in [4.69, 9.17) is 0 Å². The molecule has 2 saturated carbocycles. The predicted octanol–water partition coefficient (Wildman–Crippen LogP) is 5.43. The zero-order valence-corrected chi connectivity index (χ0v) is 14.6. The summed E-state index contributed by atoms with van der Waals surface area (Å²) in [7, 11) is 0. The summed E-state index contributed by atoms with van der Waals surface area (Å²) in [6.45, 7) is 6.43. The van der Waals surface area contributed by atoms with Crippen LogP contribution in [0.2, 0.25) is 0 Å². The third-order valence-corrected chi connectivity index (χ3v) is 6.71. The quantitative estimate of drug-likeness (QED) is 0.648. The minimum Gasteiger partial charge on any atom is -0.297 e. The van der Waals surface area contributed by atoms with E-state index in [1.807, 2.05) is 6.20 Å². The monoisotopic (exact) mass is 315 g/mol. The maximum atomic E-state index is 11.3. The summed E-state index contributed by atoms with van der Waals surface area (Å²) in [5.41, 5.74) is 4.49. The number of aldehydes is 1. The predicted molar refractivity (Wildman–Crippen MR) is 94.9 cm³/mol. The fourth-order valence-corrected chi connectivity index (χ4v) is 5.03. The van der Waals surface area contributed by atoms with Crippen LogP contribution in [-0.4, -0.2) is 11.3 Å². The first-order valence-corrected chi connectivity index (χ1v) is 9.20. The molecule has 3 aliphatic rings. The second kappa shape index (κ2) is 6.19. The van der Waals surface area contributed by atoms with Crippen LogP contribution in [0.15, 0.2) is 38.9 Å². The van der Waals surface area contributed by atoms with Crippen LogP contribution in [0.4, 0.5) is 0 Å². The molecular weight excluding hydrogens is 290 g/mol. The highest BCUT2D eigenvalue weighted by Gasteiger charge is 2.49. The van der Waals surface area contributed by atoms with Crippen molar-refractivity contribution in [1.82, 2.24) is 0 Å². The number of allylic oxidation sites excluding steroid dienone is 4. The molecule has 118 valence electrons. The zero-order valence-electron chi connectivity index (χ0n) is 13.8. The SMILES string of the molecule is CC/C=C/N=C1\SC(C=O)=C(C)\C1=C(\C)C1CC2(CCC2)C1. The van der Waals surface area contributed by atoms with Gasteiger partial charge in [-0.15, -0.1) is 0 Å². The van der Waals surface area contributed by atoms with Crippen molar-refractivity contribution in [2.24, 2.45) is 16.3 Å². The fraction of sp³-hybridized carbons (Fsp3) is 0.579. The molecule has 2 aliphatic carbocycles. The van der Waals surface area contributed by atoms with Gasteiger partial charge in [0.05, 0.1) is 4.91 Å². The number of carbonyl (C=O) groups is 1. The maximum absolute atomic E-state index is 11.3. The highest BCUT2D eigenvalue weighted by atomic mass is 32.2. The molecule has 0 aromatic heterocycles. The second-order valence-electron chi connectivity index (χ2n) is 6.95. The molecule has 0 atom stereocenters. The Labute approximate surface area is 137 Å². The number of nitrogens with zero attached hydrogens (tertiary/aromatic N) is 1. The Balaban J connectivity index is 1.87. The van der Waals surface area contributed by atoms with Crippen molar-refractivity contribution in [2.45, 2.75) is 59.3 Å². The lowest BCUT2D eigenvalue weighted by Crippen LogP contribution is -2.43. The lowest BCUT2D eigenvalue weighted by Gasteiger charge is -2.55. The van der Waals surface area contributed by atoms with Gasteiger partial charge in [0.15, 0.2) is 6.29 Å². The first-order valence-electron chi connectivity index (χ1n) is 8.38. The summed E-state index contributed by atoms with van der Waals surface area (Å²) >= 11 is 1.53. The maximum Gasteiger partial charge on any atom is 0.157 e. The molecule has 0 aromatic rings. The molecule has 1 heterocycles. The van der Waals surface area contributed by atoms with Crippen LogP contribution in [0.5, 0.6) is 0 Å². The summed E-state index contributed by atoms with van der Waals surface area (Å²) in [6.07, 6.45) is 12.9. The Morgan fingerprint density at radius 1 is 1.41 bits per heavy atom. The van der Waals surface area contributed by atoms with E-state index in [0.29, 0.717) is 11.3 Å². The molecule has 3 rings (SSSR count). The molecule has 3 heteroatoms. The van der Waals surface area contributed by atoms with Gasteiger partial charge < -0.3 is 0 Å². The molecule has 0 aromatic carbocycles. The van der Waals surface area contributed by atoms with Gasteiger partial charge >= 0.3 is 0 Å². The lowest BCUT2D eigenvalue weighted by molar-refractivity contribution is -0.104. The van der Waals surface area contributed by atoms with Crippen molar-refractivity contribution in [3.8, 4) is 0 Å². The van der Waals surface area contributed by atoms with Gasteiger partial charge in [-0.2, -0.15) is 0 Å². The normalized spacial score (nSPS) is 28.4. The largest absolute Gasteiger partial charge is 0.297 e. The molecule has 0 bridgehead atoms. The van der Waals surface area contributed by atoms with Crippen LogP contribution in [0.1, 0.15) is 59.3 Å². The number of hydrogen-bond acceptors (Lipinski definition) is 3. The summed E-state index contributed by atoms with van der Waals surface area (Å²) in [6, 6.07) is 0. The fourth-order valence-electron chi connectivity index (χ4n) is 3.99. The highest BCUT2D eigenvalue weighted by Crippen LogP contribution is 2.61. The van der Waals surface area contributed by atoms with E-state index in [-0.39, 0.29) is 0 Å². The first kappa shape index (κ1) is 15.8. The van der Waals surface area contributed by atoms with Crippen LogP contribution in [-0.2, 0) is 4.79 Å². The van der Waals surface area contributed by atoms with E-state index in [9.17, 15) is 4.79 Å². The van der Waals surface area contributed by atoms with E-state index in [1.54, 1.807) is 0 Å². The Morgan fingerprint density at radius 2 is 2.14 bits per heavy atom. The second-order valence-corrected chi connectivity index (χ2v) is 7.98. The molecule has 2 nitrogen and oxygen atoms in total. The molecule has 0 saturated heterocycles. The number of rotatable bonds is 4. The number of aliphatic imine (C=N–C) groups is 1. The minimum absolute atomic E-state index is 0.683. The Kier molecular flexibility index (Phi) is 4.44. The smallest absolute Gasteiger partial charge is 0.157 e. The highest BCUT2D eigenvalue weighted by molar-refractivity contribution is 8.18. The van der Waals surface area contributed by atoms with Crippen molar-refractivity contribution in [3.63, 3.8) is 0 Å². The van der Waals surface area contributed by atoms with Crippen LogP contribution in [0.3, 0.4) is 0 Å². The van der Waals surface area contributed by atoms with E-state index in [2.05, 4.69) is 31.8 Å². The van der Waals surface area contributed by atoms with Crippen LogP contribution < -0.4 is 0 Å². The summed E-state index contributed by atoms with van der Waals surface area (Å²) in [4.78, 5) is 16.7. The molecule has 1 aliphatic heterocycles. The van der Waals surface area contributed by atoms with Gasteiger partial charge in [-0.25, -0.2) is 4.99 Å². The molecule has 0 N–H and O–H groups in total. The van der Waals surface area contributed by atoms with Crippen molar-refractivity contribution < 1.29 is 4.79 Å². The van der Waals surface area contributed by atoms with Gasteiger partial charge in [0, 0.05) is 11.8 Å². The summed E-state index contributed by atoms with van der Waals surface area (Å²) in [5, 5.41) is 1.01. The van der Waals surface area contributed by atoms with Crippen molar-refractivity contribution in [2.75, 3.05) is 0 Å². The average Bonchev–Trinajstić information content (AvgIpc) is 2.72. The van der Waals surface area contributed by atoms with Gasteiger partial charge in [-0.05, 0) is 62.9 Å². The van der Waals surface area contributed by atoms with Crippen LogP contribution in [0.25, 0.3) is 0 Å². The first-order chi connectivity index (χ1) is 10.6. The van der Waals surface area contributed by atoms with Gasteiger partial charge in [0.1, 0.15) is 5.04 Å². The summed E-state index contributed by atoms with van der Waals surface area (Å²) in [5.74, 6) is 0.692. The van der Waals surface area contributed by atoms with Crippen molar-refractivity contribution in [1.29, 1.82) is 0 Å². The standard InChI is InChI=1S/C19H25NOS/c1-4-5-9-20-18-17(14(3)16(12-21)22-18)13(2)15-10-19(11-15)7-6-8-19/h5,9,12,15H,4,6-8,10-11H2,1-3H3/b9-5+,17-13+,20-18-. The Bertz CT molecular complexity index is 597. The van der Waals surface area contributed by atoms with Crippen molar-refractivity contribution >= 4 is 23.1 Å². The van der Waals surface area contributed by atoms with Crippen LogP contribution in [0, 0.1) is 11.3 Å². The van der Waals surface area contributed by atoms with E-state index >= 15 is 0 Å². The average molecular weight is 315 g/mol. The molecule has 0 amide bonds. The van der Waals surface area contributed by atoms with E-state index in [1.165, 1.54) is 55.0 Å². The third kappa shape index (κ3) is 2.64. The molecule has 1 spiro atoms. The zero-order chi connectivity index (χ0) is 15.7. The molecule has 2 fully saturated rings. The topological polar surface area (TPSA) is 29.4 Å². The Morgan fingerprint density at radius 3 is 2.68 bits per heavy atom. The van der Waals surface area contributed by atoms with Gasteiger partial charge in [-0.3, -0.25) is 4.79 Å². The van der Waals surface area contributed by atoms with Gasteiger partial charge in [-0.1, -0.05) is 36.8 Å².